The van der Waals surface area contributed by atoms with Crippen molar-refractivity contribution in [3.63, 3.8) is 0 Å². The number of benzene rings is 1. The van der Waals surface area contributed by atoms with Gasteiger partial charge in [-0.25, -0.2) is 0 Å². The number of carbonyl (C=O) groups excluding carboxylic acids is 1. The van der Waals surface area contributed by atoms with Gasteiger partial charge in [-0.1, -0.05) is 28.1 Å². The Morgan fingerprint density at radius 2 is 2.29 bits per heavy atom. The quantitative estimate of drug-likeness (QED) is 0.900. The van der Waals surface area contributed by atoms with Crippen molar-refractivity contribution in [1.82, 2.24) is 0 Å². The first-order valence-corrected chi connectivity index (χ1v) is 5.39. The van der Waals surface area contributed by atoms with Crippen LogP contribution in [0, 0.1) is 0 Å². The van der Waals surface area contributed by atoms with Crippen molar-refractivity contribution in [2.75, 3.05) is 0 Å². The Bertz CT molecular complexity index is 325. The molecule has 1 rings (SSSR count). The van der Waals surface area contributed by atoms with E-state index in [9.17, 15) is 4.79 Å². The standard InChI is InChI=1S/C11H14BrNO/c1-8(14)5-6-11(13)9-3-2-4-10(12)7-9/h2-4,7,11H,5-6,13H2,1H3. The van der Waals surface area contributed by atoms with Gasteiger partial charge in [0.2, 0.25) is 0 Å². The number of carbonyl (C=O) groups is 1. The Balaban J connectivity index is 2.60. The van der Waals surface area contributed by atoms with Crippen LogP contribution in [0.1, 0.15) is 31.4 Å². The number of nitrogens with two attached hydrogens (primary N) is 1. The maximum atomic E-state index is 10.8. The van der Waals surface area contributed by atoms with E-state index in [1.807, 2.05) is 24.3 Å². The first-order chi connectivity index (χ1) is 6.59. The molecule has 1 unspecified atom stereocenters. The molecular formula is C11H14BrNO. The van der Waals surface area contributed by atoms with Gasteiger partial charge in [-0.2, -0.15) is 0 Å². The molecule has 0 heterocycles. The highest BCUT2D eigenvalue weighted by Crippen LogP contribution is 2.19. The van der Waals surface area contributed by atoms with Gasteiger partial charge in [0.25, 0.3) is 0 Å². The van der Waals surface area contributed by atoms with Gasteiger partial charge in [0, 0.05) is 16.9 Å². The second kappa shape index (κ2) is 5.27. The summed E-state index contributed by atoms with van der Waals surface area (Å²) in [6, 6.07) is 7.84. The number of ketones is 1. The zero-order valence-corrected chi connectivity index (χ0v) is 9.75. The molecule has 0 fully saturated rings. The predicted molar refractivity (Wildman–Crippen MR) is 61.0 cm³/mol. The van der Waals surface area contributed by atoms with E-state index >= 15 is 0 Å². The van der Waals surface area contributed by atoms with Gasteiger partial charge in [0.05, 0.1) is 0 Å². The van der Waals surface area contributed by atoms with Gasteiger partial charge in [0.15, 0.2) is 0 Å². The topological polar surface area (TPSA) is 43.1 Å². The summed E-state index contributed by atoms with van der Waals surface area (Å²) < 4.78 is 1.02. The van der Waals surface area contributed by atoms with Crippen LogP contribution in [-0.4, -0.2) is 5.78 Å². The molecule has 0 amide bonds. The van der Waals surface area contributed by atoms with Gasteiger partial charge < -0.3 is 10.5 Å². The molecule has 2 nitrogen and oxygen atoms in total. The summed E-state index contributed by atoms with van der Waals surface area (Å²) in [5.41, 5.74) is 7.01. The summed E-state index contributed by atoms with van der Waals surface area (Å²) in [4.78, 5) is 10.8. The monoisotopic (exact) mass is 255 g/mol. The average molecular weight is 256 g/mol. The van der Waals surface area contributed by atoms with Crippen molar-refractivity contribution in [1.29, 1.82) is 0 Å². The SMILES string of the molecule is CC(=O)CCC(N)c1cccc(Br)c1. The number of hydrogen-bond acceptors (Lipinski definition) is 2. The third kappa shape index (κ3) is 3.60. The fourth-order valence-electron chi connectivity index (χ4n) is 1.26. The fourth-order valence-corrected chi connectivity index (χ4v) is 1.68. The van der Waals surface area contributed by atoms with Crippen LogP contribution in [0.5, 0.6) is 0 Å². The summed E-state index contributed by atoms with van der Waals surface area (Å²) in [6.45, 7) is 1.59. The minimum Gasteiger partial charge on any atom is -0.324 e. The molecule has 0 radical (unpaired) electrons. The van der Waals surface area contributed by atoms with Crippen LogP contribution in [0.15, 0.2) is 28.7 Å². The van der Waals surface area contributed by atoms with Crippen LogP contribution in [0.3, 0.4) is 0 Å². The predicted octanol–water partition coefficient (Wildman–Crippen LogP) is 2.82. The lowest BCUT2D eigenvalue weighted by molar-refractivity contribution is -0.117. The zero-order valence-electron chi connectivity index (χ0n) is 8.16. The highest BCUT2D eigenvalue weighted by atomic mass is 79.9. The Hall–Kier alpha value is -0.670. The maximum absolute atomic E-state index is 10.8. The first kappa shape index (κ1) is 11.4. The largest absolute Gasteiger partial charge is 0.324 e. The van der Waals surface area contributed by atoms with Crippen LogP contribution in [-0.2, 0) is 4.79 Å². The van der Waals surface area contributed by atoms with Gasteiger partial charge in [0.1, 0.15) is 5.78 Å². The van der Waals surface area contributed by atoms with Crippen LogP contribution in [0.2, 0.25) is 0 Å². The Morgan fingerprint density at radius 3 is 2.86 bits per heavy atom. The highest BCUT2D eigenvalue weighted by Gasteiger charge is 2.06. The molecule has 0 aliphatic carbocycles. The molecule has 0 saturated carbocycles. The van der Waals surface area contributed by atoms with Crippen LogP contribution >= 0.6 is 15.9 Å². The highest BCUT2D eigenvalue weighted by molar-refractivity contribution is 9.10. The van der Waals surface area contributed by atoms with Gasteiger partial charge >= 0.3 is 0 Å². The lowest BCUT2D eigenvalue weighted by atomic mass is 10.0. The molecule has 0 spiro atoms. The molecule has 0 saturated heterocycles. The van der Waals surface area contributed by atoms with E-state index in [2.05, 4.69) is 15.9 Å². The molecule has 1 atom stereocenters. The molecule has 0 aliphatic rings. The van der Waals surface area contributed by atoms with Crippen molar-refractivity contribution in [2.45, 2.75) is 25.8 Å². The van der Waals surface area contributed by atoms with E-state index in [1.54, 1.807) is 6.92 Å². The van der Waals surface area contributed by atoms with E-state index in [4.69, 9.17) is 5.73 Å². The molecule has 3 heteroatoms. The Kier molecular flexibility index (Phi) is 4.29. The molecular weight excluding hydrogens is 242 g/mol. The minimum absolute atomic E-state index is 0.0450. The fraction of sp³-hybridized carbons (Fsp3) is 0.364. The van der Waals surface area contributed by atoms with Gasteiger partial charge in [-0.3, -0.25) is 0 Å². The van der Waals surface area contributed by atoms with Crippen molar-refractivity contribution in [2.24, 2.45) is 5.73 Å². The van der Waals surface area contributed by atoms with Gasteiger partial charge in [-0.05, 0) is 31.0 Å². The molecule has 14 heavy (non-hydrogen) atoms. The maximum Gasteiger partial charge on any atom is 0.129 e. The number of Topliss-reactive ketones (excluding diaryl/α,β-unsaturated/α-hetero) is 1. The van der Waals surface area contributed by atoms with Crippen molar-refractivity contribution in [3.8, 4) is 0 Å². The van der Waals surface area contributed by atoms with Gasteiger partial charge in [-0.15, -0.1) is 0 Å². The van der Waals surface area contributed by atoms with E-state index in [-0.39, 0.29) is 11.8 Å². The number of hydrogen-bond donors (Lipinski definition) is 1. The van der Waals surface area contributed by atoms with E-state index in [0.29, 0.717) is 12.8 Å². The second-order valence-electron chi connectivity index (χ2n) is 3.40. The molecule has 1 aromatic carbocycles. The van der Waals surface area contributed by atoms with Crippen molar-refractivity contribution < 1.29 is 4.79 Å². The minimum atomic E-state index is -0.0450. The van der Waals surface area contributed by atoms with Crippen LogP contribution < -0.4 is 5.73 Å². The van der Waals surface area contributed by atoms with Crippen LogP contribution in [0.25, 0.3) is 0 Å². The first-order valence-electron chi connectivity index (χ1n) is 4.60. The zero-order chi connectivity index (χ0) is 10.6. The molecule has 0 bridgehead atoms. The molecule has 0 aromatic heterocycles. The van der Waals surface area contributed by atoms with E-state index in [1.165, 1.54) is 0 Å². The third-order valence-corrected chi connectivity index (χ3v) is 2.58. The molecule has 0 aliphatic heterocycles. The van der Waals surface area contributed by atoms with Crippen molar-refractivity contribution >= 4 is 21.7 Å². The second-order valence-corrected chi connectivity index (χ2v) is 4.32. The van der Waals surface area contributed by atoms with E-state index < -0.39 is 0 Å². The molecule has 76 valence electrons. The lowest BCUT2D eigenvalue weighted by Gasteiger charge is -2.10. The smallest absolute Gasteiger partial charge is 0.129 e. The summed E-state index contributed by atoms with van der Waals surface area (Å²) in [6.07, 6.45) is 1.26. The Labute approximate surface area is 92.6 Å². The van der Waals surface area contributed by atoms with Crippen LogP contribution in [0.4, 0.5) is 0 Å². The number of halogens is 1. The lowest BCUT2D eigenvalue weighted by Crippen LogP contribution is -2.11. The summed E-state index contributed by atoms with van der Waals surface area (Å²) in [5, 5.41) is 0. The van der Waals surface area contributed by atoms with Crippen molar-refractivity contribution in [3.05, 3.63) is 34.3 Å². The number of rotatable bonds is 4. The molecule has 2 N–H and O–H groups in total. The average Bonchev–Trinajstić information content (AvgIpc) is 2.14. The van der Waals surface area contributed by atoms with E-state index in [0.717, 1.165) is 10.0 Å². The third-order valence-electron chi connectivity index (χ3n) is 2.08. The summed E-state index contributed by atoms with van der Waals surface area (Å²) in [7, 11) is 0. The summed E-state index contributed by atoms with van der Waals surface area (Å²) in [5.74, 6) is 0.190. The summed E-state index contributed by atoms with van der Waals surface area (Å²) >= 11 is 3.39. The Morgan fingerprint density at radius 1 is 1.57 bits per heavy atom. The normalized spacial score (nSPS) is 12.5. The molecule has 1 aromatic rings.